The van der Waals surface area contributed by atoms with Crippen molar-refractivity contribution in [2.24, 2.45) is 0 Å². The highest BCUT2D eigenvalue weighted by Gasteiger charge is 2.22. The zero-order valence-electron chi connectivity index (χ0n) is 18.7. The molecule has 3 aromatic carbocycles. The van der Waals surface area contributed by atoms with Gasteiger partial charge in [-0.1, -0.05) is 60.7 Å². The van der Waals surface area contributed by atoms with E-state index in [1.807, 2.05) is 42.5 Å². The fraction of sp³-hybridized carbons (Fsp3) is 0.111. The molecule has 34 heavy (non-hydrogen) atoms. The van der Waals surface area contributed by atoms with Crippen LogP contribution in [0.2, 0.25) is 0 Å². The maximum absolute atomic E-state index is 13.1. The highest BCUT2D eigenvalue weighted by Crippen LogP contribution is 2.30. The minimum Gasteiger partial charge on any atom is -0.496 e. The molecule has 2 amide bonds. The van der Waals surface area contributed by atoms with Crippen molar-refractivity contribution in [3.05, 3.63) is 95.6 Å². The molecule has 170 valence electrons. The van der Waals surface area contributed by atoms with Crippen LogP contribution in [0.1, 0.15) is 26.3 Å². The van der Waals surface area contributed by atoms with Crippen LogP contribution in [0.4, 0.5) is 0 Å². The first-order chi connectivity index (χ1) is 16.5. The number of pyridine rings is 1. The summed E-state index contributed by atoms with van der Waals surface area (Å²) in [7, 11) is 1.43. The maximum atomic E-state index is 13.1. The number of hydrogen-bond donors (Lipinski definition) is 1. The molecule has 0 aliphatic carbocycles. The van der Waals surface area contributed by atoms with Crippen molar-refractivity contribution < 1.29 is 23.9 Å². The molecule has 0 unspecified atom stereocenters. The summed E-state index contributed by atoms with van der Waals surface area (Å²) in [6.45, 7) is 1.18. The average molecular weight is 454 g/mol. The van der Waals surface area contributed by atoms with Crippen LogP contribution >= 0.6 is 0 Å². The highest BCUT2D eigenvalue weighted by atomic mass is 16.5. The summed E-state index contributed by atoms with van der Waals surface area (Å²) in [6.07, 6.45) is 0. The molecule has 1 aromatic heterocycles. The molecule has 0 aliphatic rings. The second-order valence-corrected chi connectivity index (χ2v) is 7.50. The number of ether oxygens (including phenoxy) is 2. The molecule has 1 N–H and O–H groups in total. The molecule has 7 nitrogen and oxygen atoms in total. The molecule has 0 saturated carbocycles. The van der Waals surface area contributed by atoms with E-state index in [4.69, 9.17) is 14.5 Å². The number of carbonyl (C=O) groups is 3. The van der Waals surface area contributed by atoms with Gasteiger partial charge in [0.2, 0.25) is 0 Å². The minimum absolute atomic E-state index is 0.202. The number of para-hydroxylation sites is 2. The van der Waals surface area contributed by atoms with Gasteiger partial charge in [-0.25, -0.2) is 9.78 Å². The van der Waals surface area contributed by atoms with Crippen molar-refractivity contribution in [2.75, 3.05) is 13.7 Å². The van der Waals surface area contributed by atoms with Crippen LogP contribution in [0.3, 0.4) is 0 Å². The fourth-order valence-corrected chi connectivity index (χ4v) is 3.71. The molecule has 0 bridgehead atoms. The first-order valence-corrected chi connectivity index (χ1v) is 10.6. The van der Waals surface area contributed by atoms with Crippen molar-refractivity contribution in [1.82, 2.24) is 10.3 Å². The number of imide groups is 1. The summed E-state index contributed by atoms with van der Waals surface area (Å²) in [4.78, 5) is 42.6. The number of fused-ring (bicyclic) bond motifs is 1. The van der Waals surface area contributed by atoms with Gasteiger partial charge in [-0.05, 0) is 30.7 Å². The Balaban J connectivity index is 1.56. The Hall–Kier alpha value is -4.52. The van der Waals surface area contributed by atoms with E-state index in [-0.39, 0.29) is 5.56 Å². The van der Waals surface area contributed by atoms with E-state index in [1.165, 1.54) is 13.2 Å². The van der Waals surface area contributed by atoms with Gasteiger partial charge in [0.1, 0.15) is 5.75 Å². The third-order valence-electron chi connectivity index (χ3n) is 5.33. The molecule has 0 radical (unpaired) electrons. The Bertz CT molecular complexity index is 1380. The van der Waals surface area contributed by atoms with Crippen LogP contribution in [0.15, 0.2) is 78.9 Å². The second kappa shape index (κ2) is 9.95. The molecule has 4 rings (SSSR count). The molecule has 0 saturated heterocycles. The SMILES string of the molecule is COc1ccccc1C(=O)NC(=O)COC(=O)c1c(C)c(-c2ccccc2)nc2ccccc12. The summed E-state index contributed by atoms with van der Waals surface area (Å²) in [5.74, 6) is -1.73. The van der Waals surface area contributed by atoms with Gasteiger partial charge in [-0.3, -0.25) is 14.9 Å². The largest absolute Gasteiger partial charge is 0.496 e. The zero-order valence-corrected chi connectivity index (χ0v) is 18.7. The van der Waals surface area contributed by atoms with Crippen LogP contribution in [0.5, 0.6) is 5.75 Å². The van der Waals surface area contributed by atoms with Crippen molar-refractivity contribution >= 4 is 28.7 Å². The predicted molar refractivity (Wildman–Crippen MR) is 128 cm³/mol. The summed E-state index contributed by atoms with van der Waals surface area (Å²) >= 11 is 0. The van der Waals surface area contributed by atoms with Crippen molar-refractivity contribution in [3.63, 3.8) is 0 Å². The van der Waals surface area contributed by atoms with Crippen molar-refractivity contribution in [2.45, 2.75) is 6.92 Å². The normalized spacial score (nSPS) is 10.5. The lowest BCUT2D eigenvalue weighted by molar-refractivity contribution is -0.123. The lowest BCUT2D eigenvalue weighted by atomic mass is 9.98. The fourth-order valence-electron chi connectivity index (χ4n) is 3.71. The third-order valence-corrected chi connectivity index (χ3v) is 5.33. The zero-order chi connectivity index (χ0) is 24.1. The number of nitrogens with one attached hydrogen (secondary N) is 1. The van der Waals surface area contributed by atoms with Crippen LogP contribution in [-0.2, 0) is 9.53 Å². The number of esters is 1. The van der Waals surface area contributed by atoms with E-state index in [0.29, 0.717) is 33.5 Å². The Kier molecular flexibility index (Phi) is 6.64. The Morgan fingerprint density at radius 3 is 2.32 bits per heavy atom. The van der Waals surface area contributed by atoms with E-state index in [9.17, 15) is 14.4 Å². The molecule has 0 spiro atoms. The number of carbonyl (C=O) groups excluding carboxylic acids is 3. The second-order valence-electron chi connectivity index (χ2n) is 7.50. The quantitative estimate of drug-likeness (QED) is 0.436. The molecule has 0 fully saturated rings. The Labute approximate surface area is 196 Å². The molecular weight excluding hydrogens is 432 g/mol. The maximum Gasteiger partial charge on any atom is 0.339 e. The Morgan fingerprint density at radius 2 is 1.56 bits per heavy atom. The number of nitrogens with zero attached hydrogens (tertiary/aromatic N) is 1. The van der Waals surface area contributed by atoms with Gasteiger partial charge in [0.25, 0.3) is 11.8 Å². The van der Waals surface area contributed by atoms with E-state index >= 15 is 0 Å². The van der Waals surface area contributed by atoms with Crippen LogP contribution in [0, 0.1) is 6.92 Å². The van der Waals surface area contributed by atoms with Gasteiger partial charge >= 0.3 is 5.97 Å². The topological polar surface area (TPSA) is 94.6 Å². The first kappa shape index (κ1) is 22.7. The molecule has 0 atom stereocenters. The van der Waals surface area contributed by atoms with Gasteiger partial charge in [0.15, 0.2) is 6.61 Å². The standard InChI is InChI=1S/C27H22N2O5/c1-17-24(19-12-6-8-14-21(19)28-25(17)18-10-4-3-5-11-18)27(32)34-16-23(30)29-26(31)20-13-7-9-15-22(20)33-2/h3-15H,16H2,1-2H3,(H,29,30,31). The molecule has 0 aliphatic heterocycles. The molecule has 4 aromatic rings. The highest BCUT2D eigenvalue weighted by molar-refractivity contribution is 6.09. The van der Waals surface area contributed by atoms with E-state index in [1.54, 1.807) is 37.3 Å². The number of amides is 2. The summed E-state index contributed by atoms with van der Waals surface area (Å²) in [6, 6.07) is 23.3. The first-order valence-electron chi connectivity index (χ1n) is 10.6. The van der Waals surface area contributed by atoms with Crippen LogP contribution < -0.4 is 10.1 Å². The smallest absolute Gasteiger partial charge is 0.339 e. The van der Waals surface area contributed by atoms with Gasteiger partial charge in [0.05, 0.1) is 29.4 Å². The summed E-state index contributed by atoms with van der Waals surface area (Å²) < 4.78 is 10.4. The number of hydrogen-bond acceptors (Lipinski definition) is 6. The van der Waals surface area contributed by atoms with E-state index in [0.717, 1.165) is 5.56 Å². The van der Waals surface area contributed by atoms with E-state index < -0.39 is 24.4 Å². The average Bonchev–Trinajstić information content (AvgIpc) is 2.87. The predicted octanol–water partition coefficient (Wildman–Crippen LogP) is 4.33. The van der Waals surface area contributed by atoms with Crippen molar-refractivity contribution in [1.29, 1.82) is 0 Å². The molecule has 7 heteroatoms. The molecular formula is C27H22N2O5. The van der Waals surface area contributed by atoms with E-state index in [2.05, 4.69) is 5.32 Å². The number of aromatic nitrogens is 1. The van der Waals surface area contributed by atoms with Gasteiger partial charge in [0, 0.05) is 10.9 Å². The Morgan fingerprint density at radius 1 is 0.882 bits per heavy atom. The third kappa shape index (κ3) is 4.63. The number of rotatable bonds is 6. The van der Waals surface area contributed by atoms with Gasteiger partial charge in [-0.2, -0.15) is 0 Å². The van der Waals surface area contributed by atoms with Crippen molar-refractivity contribution in [3.8, 4) is 17.0 Å². The molecule has 1 heterocycles. The lowest BCUT2D eigenvalue weighted by Gasteiger charge is -2.14. The minimum atomic E-state index is -0.747. The lowest BCUT2D eigenvalue weighted by Crippen LogP contribution is -2.34. The van der Waals surface area contributed by atoms with Gasteiger partial charge < -0.3 is 9.47 Å². The van der Waals surface area contributed by atoms with Gasteiger partial charge in [-0.15, -0.1) is 0 Å². The van der Waals surface area contributed by atoms with Crippen LogP contribution in [0.25, 0.3) is 22.2 Å². The number of methoxy groups -OCH3 is 1. The van der Waals surface area contributed by atoms with Crippen LogP contribution in [-0.4, -0.2) is 36.5 Å². The summed E-state index contributed by atoms with van der Waals surface area (Å²) in [5, 5.41) is 2.84. The monoisotopic (exact) mass is 454 g/mol. The summed E-state index contributed by atoms with van der Waals surface area (Å²) in [5.41, 5.74) is 3.32. The number of benzene rings is 3.